The van der Waals surface area contributed by atoms with Gasteiger partial charge in [0, 0.05) is 32.1 Å². The number of nitrogens with one attached hydrogen (secondary N) is 1. The highest BCUT2D eigenvalue weighted by molar-refractivity contribution is 5.31. The lowest BCUT2D eigenvalue weighted by molar-refractivity contribution is 0.0759. The summed E-state index contributed by atoms with van der Waals surface area (Å²) >= 11 is 0. The number of nitrogens with zero attached hydrogens (tertiary/aromatic N) is 2. The maximum Gasteiger partial charge on any atom is 0.293 e. The van der Waals surface area contributed by atoms with Gasteiger partial charge in [-0.15, -0.1) is 0 Å². The third-order valence-electron chi connectivity index (χ3n) is 2.78. The topological polar surface area (TPSA) is 65.4 Å². The van der Waals surface area contributed by atoms with Crippen LogP contribution in [0.4, 0.5) is 5.82 Å². The summed E-state index contributed by atoms with van der Waals surface area (Å²) in [5.41, 5.74) is -0.0445. The van der Waals surface area contributed by atoms with Gasteiger partial charge >= 0.3 is 0 Å². The van der Waals surface area contributed by atoms with Crippen molar-refractivity contribution in [2.24, 2.45) is 0 Å². The van der Waals surface area contributed by atoms with E-state index in [1.807, 2.05) is 0 Å². The smallest absolute Gasteiger partial charge is 0.293 e. The van der Waals surface area contributed by atoms with Gasteiger partial charge in [0.05, 0.1) is 19.8 Å². The van der Waals surface area contributed by atoms with E-state index >= 15 is 0 Å². The monoisotopic (exact) mass is 253 g/mol. The molecular weight excluding hydrogens is 234 g/mol. The molecule has 1 aromatic heterocycles. The number of anilines is 1. The predicted octanol–water partition coefficient (Wildman–Crippen LogP) is 0.653. The Morgan fingerprint density at radius 2 is 2.28 bits per heavy atom. The molecule has 0 bridgehead atoms. The highest BCUT2D eigenvalue weighted by Crippen LogP contribution is 2.33. The van der Waals surface area contributed by atoms with Crippen molar-refractivity contribution < 1.29 is 9.47 Å². The molecule has 100 valence electrons. The van der Waals surface area contributed by atoms with Crippen LogP contribution in [0, 0.1) is 0 Å². The molecule has 1 N–H and O–H groups in total. The Hall–Kier alpha value is -1.40. The van der Waals surface area contributed by atoms with Gasteiger partial charge in [0.25, 0.3) is 5.56 Å². The molecule has 1 aliphatic rings. The van der Waals surface area contributed by atoms with Crippen molar-refractivity contribution in [3.8, 4) is 0 Å². The average molecular weight is 253 g/mol. The Kier molecular flexibility index (Phi) is 4.72. The van der Waals surface area contributed by atoms with E-state index in [0.717, 1.165) is 12.8 Å². The molecule has 18 heavy (non-hydrogen) atoms. The maximum atomic E-state index is 12.0. The van der Waals surface area contributed by atoms with Gasteiger partial charge in [0.15, 0.2) is 5.82 Å². The highest BCUT2D eigenvalue weighted by atomic mass is 16.5. The van der Waals surface area contributed by atoms with Crippen LogP contribution in [0.5, 0.6) is 0 Å². The van der Waals surface area contributed by atoms with Crippen molar-refractivity contribution in [3.05, 3.63) is 22.7 Å². The summed E-state index contributed by atoms with van der Waals surface area (Å²) in [5, 5.41) is 3.00. The Bertz CT molecular complexity index is 429. The SMILES string of the molecule is COCCOCCNc1nccn(C2CC2)c1=O. The third-order valence-corrected chi connectivity index (χ3v) is 2.78. The van der Waals surface area contributed by atoms with Gasteiger partial charge < -0.3 is 19.4 Å². The Morgan fingerprint density at radius 3 is 3.00 bits per heavy atom. The normalized spacial score (nSPS) is 14.7. The minimum Gasteiger partial charge on any atom is -0.382 e. The molecule has 1 saturated carbocycles. The van der Waals surface area contributed by atoms with Crippen LogP contribution >= 0.6 is 0 Å². The second kappa shape index (κ2) is 6.51. The van der Waals surface area contributed by atoms with Crippen LogP contribution in [-0.4, -0.2) is 43.0 Å². The fraction of sp³-hybridized carbons (Fsp3) is 0.667. The molecule has 1 fully saturated rings. The van der Waals surface area contributed by atoms with E-state index in [4.69, 9.17) is 9.47 Å². The van der Waals surface area contributed by atoms with Crippen molar-refractivity contribution in [1.29, 1.82) is 0 Å². The first-order chi connectivity index (χ1) is 8.83. The lowest BCUT2D eigenvalue weighted by Crippen LogP contribution is -2.25. The van der Waals surface area contributed by atoms with Gasteiger partial charge in [-0.1, -0.05) is 0 Å². The zero-order valence-electron chi connectivity index (χ0n) is 10.6. The standard InChI is InChI=1S/C12H19N3O3/c1-17-8-9-18-7-5-14-11-12(16)15(6-4-13-11)10-2-3-10/h4,6,10H,2-3,5,7-9H2,1H3,(H,13,14). The maximum absolute atomic E-state index is 12.0. The first-order valence-corrected chi connectivity index (χ1v) is 6.20. The molecule has 1 aromatic rings. The summed E-state index contributed by atoms with van der Waals surface area (Å²) < 4.78 is 11.9. The molecule has 0 unspecified atom stereocenters. The molecule has 6 nitrogen and oxygen atoms in total. The first-order valence-electron chi connectivity index (χ1n) is 6.20. The molecular formula is C12H19N3O3. The van der Waals surface area contributed by atoms with Gasteiger partial charge in [0.2, 0.25) is 0 Å². The zero-order chi connectivity index (χ0) is 12.8. The molecule has 0 amide bonds. The van der Waals surface area contributed by atoms with E-state index in [1.165, 1.54) is 0 Å². The number of methoxy groups -OCH3 is 1. The lowest BCUT2D eigenvalue weighted by Gasteiger charge is -2.08. The minimum absolute atomic E-state index is 0.0445. The number of hydrogen-bond donors (Lipinski definition) is 1. The zero-order valence-corrected chi connectivity index (χ0v) is 10.6. The Labute approximate surface area is 106 Å². The minimum atomic E-state index is -0.0445. The molecule has 0 radical (unpaired) electrons. The van der Waals surface area contributed by atoms with Crippen LogP contribution in [0.15, 0.2) is 17.2 Å². The van der Waals surface area contributed by atoms with E-state index in [9.17, 15) is 4.79 Å². The van der Waals surface area contributed by atoms with Gasteiger partial charge in [-0.3, -0.25) is 4.79 Å². The van der Waals surface area contributed by atoms with Crippen LogP contribution in [0.25, 0.3) is 0 Å². The van der Waals surface area contributed by atoms with Crippen molar-refractivity contribution >= 4 is 5.82 Å². The lowest BCUT2D eigenvalue weighted by atomic mass is 10.5. The van der Waals surface area contributed by atoms with Gasteiger partial charge in [-0.2, -0.15) is 0 Å². The predicted molar refractivity (Wildman–Crippen MR) is 68.0 cm³/mol. The van der Waals surface area contributed by atoms with E-state index in [2.05, 4.69) is 10.3 Å². The number of aromatic nitrogens is 2. The van der Waals surface area contributed by atoms with Crippen molar-refractivity contribution in [2.45, 2.75) is 18.9 Å². The largest absolute Gasteiger partial charge is 0.382 e. The molecule has 1 aliphatic carbocycles. The third kappa shape index (κ3) is 3.54. The van der Waals surface area contributed by atoms with Crippen molar-refractivity contribution in [3.63, 3.8) is 0 Å². The fourth-order valence-electron chi connectivity index (χ4n) is 1.67. The fourth-order valence-corrected chi connectivity index (χ4v) is 1.67. The quantitative estimate of drug-likeness (QED) is 0.689. The second-order valence-electron chi connectivity index (χ2n) is 4.25. The average Bonchev–Trinajstić information content (AvgIpc) is 3.20. The van der Waals surface area contributed by atoms with E-state index in [1.54, 1.807) is 24.1 Å². The summed E-state index contributed by atoms with van der Waals surface area (Å²) in [4.78, 5) is 16.1. The molecule has 0 aliphatic heterocycles. The Morgan fingerprint density at radius 1 is 1.44 bits per heavy atom. The number of rotatable bonds is 8. The molecule has 6 heteroatoms. The van der Waals surface area contributed by atoms with Crippen LogP contribution in [-0.2, 0) is 9.47 Å². The second-order valence-corrected chi connectivity index (χ2v) is 4.25. The van der Waals surface area contributed by atoms with Gasteiger partial charge in [-0.05, 0) is 12.8 Å². The summed E-state index contributed by atoms with van der Waals surface area (Å²) in [6, 6.07) is 0.374. The molecule has 0 spiro atoms. The highest BCUT2D eigenvalue weighted by Gasteiger charge is 2.25. The van der Waals surface area contributed by atoms with Crippen LogP contribution < -0.4 is 10.9 Å². The van der Waals surface area contributed by atoms with Gasteiger partial charge in [0.1, 0.15) is 0 Å². The van der Waals surface area contributed by atoms with E-state index < -0.39 is 0 Å². The molecule has 0 saturated heterocycles. The van der Waals surface area contributed by atoms with E-state index in [-0.39, 0.29) is 5.56 Å². The number of hydrogen-bond acceptors (Lipinski definition) is 5. The molecule has 0 aromatic carbocycles. The van der Waals surface area contributed by atoms with Crippen LogP contribution in [0.3, 0.4) is 0 Å². The van der Waals surface area contributed by atoms with Crippen molar-refractivity contribution in [2.75, 3.05) is 38.8 Å². The van der Waals surface area contributed by atoms with Gasteiger partial charge in [-0.25, -0.2) is 4.98 Å². The molecule has 1 heterocycles. The summed E-state index contributed by atoms with van der Waals surface area (Å²) in [6.07, 6.45) is 5.58. The summed E-state index contributed by atoms with van der Waals surface area (Å²) in [7, 11) is 1.63. The van der Waals surface area contributed by atoms with Crippen LogP contribution in [0.1, 0.15) is 18.9 Å². The molecule has 0 atom stereocenters. The first kappa shape index (κ1) is 13.0. The van der Waals surface area contributed by atoms with E-state index in [0.29, 0.717) is 38.2 Å². The molecule has 2 rings (SSSR count). The van der Waals surface area contributed by atoms with Crippen LogP contribution in [0.2, 0.25) is 0 Å². The number of ether oxygens (including phenoxy) is 2. The van der Waals surface area contributed by atoms with Crippen molar-refractivity contribution in [1.82, 2.24) is 9.55 Å². The summed E-state index contributed by atoms with van der Waals surface area (Å²) in [5.74, 6) is 0.403. The summed E-state index contributed by atoms with van der Waals surface area (Å²) in [6.45, 7) is 2.24. The Balaban J connectivity index is 1.79.